The predicted octanol–water partition coefficient (Wildman–Crippen LogP) is 2.68. The highest BCUT2D eigenvalue weighted by Crippen LogP contribution is 2.18. The van der Waals surface area contributed by atoms with Crippen molar-refractivity contribution in [2.24, 2.45) is 5.73 Å². The van der Waals surface area contributed by atoms with Gasteiger partial charge in [0.1, 0.15) is 0 Å². The van der Waals surface area contributed by atoms with Gasteiger partial charge in [-0.25, -0.2) is 0 Å². The summed E-state index contributed by atoms with van der Waals surface area (Å²) in [6.45, 7) is 2.79. The zero-order valence-corrected chi connectivity index (χ0v) is 9.41. The molecule has 0 aliphatic rings. The fourth-order valence-corrected chi connectivity index (χ4v) is 1.70. The molecule has 0 unspecified atom stereocenters. The maximum Gasteiger partial charge on any atom is 0.0210 e. The number of hydrogen-bond acceptors (Lipinski definition) is 1. The molecule has 0 saturated carbocycles. The first-order chi connectivity index (χ1) is 5.24. The largest absolute Gasteiger partial charge is 0.330 e. The average Bonchev–Trinajstić information content (AvgIpc) is 1.95. The van der Waals surface area contributed by atoms with Crippen LogP contribution in [0.2, 0.25) is 0 Å². The Labute approximate surface area is 87.9 Å². The lowest BCUT2D eigenvalue weighted by Crippen LogP contribution is -2.03. The van der Waals surface area contributed by atoms with Crippen LogP contribution in [0, 0.1) is 6.92 Å². The van der Waals surface area contributed by atoms with Crippen molar-refractivity contribution in [2.75, 3.05) is 6.54 Å². The van der Waals surface area contributed by atoms with E-state index in [1.807, 2.05) is 0 Å². The molecule has 0 aliphatic carbocycles. The number of benzene rings is 1. The van der Waals surface area contributed by atoms with Crippen molar-refractivity contribution >= 4 is 28.3 Å². The molecular formula is C9H13BrClN. The van der Waals surface area contributed by atoms with E-state index in [1.54, 1.807) is 0 Å². The molecule has 68 valence electrons. The SMILES string of the molecule is Cc1ccc(CCN)c(Br)c1.Cl. The topological polar surface area (TPSA) is 26.0 Å². The highest BCUT2D eigenvalue weighted by molar-refractivity contribution is 9.10. The van der Waals surface area contributed by atoms with Gasteiger partial charge < -0.3 is 5.73 Å². The summed E-state index contributed by atoms with van der Waals surface area (Å²) in [4.78, 5) is 0. The molecule has 0 fully saturated rings. The molecule has 0 radical (unpaired) electrons. The van der Waals surface area contributed by atoms with Crippen LogP contribution in [-0.2, 0) is 6.42 Å². The lowest BCUT2D eigenvalue weighted by atomic mass is 10.1. The van der Waals surface area contributed by atoms with Gasteiger partial charge in [0.05, 0.1) is 0 Å². The van der Waals surface area contributed by atoms with Crippen LogP contribution in [0.1, 0.15) is 11.1 Å². The van der Waals surface area contributed by atoms with Crippen molar-refractivity contribution in [2.45, 2.75) is 13.3 Å². The summed E-state index contributed by atoms with van der Waals surface area (Å²) in [7, 11) is 0. The first-order valence-electron chi connectivity index (χ1n) is 3.69. The summed E-state index contributed by atoms with van der Waals surface area (Å²) >= 11 is 3.49. The minimum atomic E-state index is 0. The quantitative estimate of drug-likeness (QED) is 0.858. The lowest BCUT2D eigenvalue weighted by molar-refractivity contribution is 0.962. The molecule has 3 heteroatoms. The van der Waals surface area contributed by atoms with Crippen LogP contribution in [0.25, 0.3) is 0 Å². The Morgan fingerprint density at radius 2 is 2.08 bits per heavy atom. The maximum absolute atomic E-state index is 5.45. The third kappa shape index (κ3) is 3.13. The average molecular weight is 251 g/mol. The number of hydrogen-bond donors (Lipinski definition) is 1. The normalized spacial score (nSPS) is 9.25. The van der Waals surface area contributed by atoms with Crippen molar-refractivity contribution in [3.8, 4) is 0 Å². The summed E-state index contributed by atoms with van der Waals surface area (Å²) < 4.78 is 1.17. The van der Waals surface area contributed by atoms with Crippen LogP contribution in [0.3, 0.4) is 0 Å². The fourth-order valence-electron chi connectivity index (χ4n) is 1.01. The molecule has 0 heterocycles. The Morgan fingerprint density at radius 1 is 1.42 bits per heavy atom. The predicted molar refractivity (Wildman–Crippen MR) is 58.9 cm³/mol. The van der Waals surface area contributed by atoms with Gasteiger partial charge in [-0.1, -0.05) is 28.1 Å². The molecule has 0 amide bonds. The maximum atomic E-state index is 5.45. The Bertz CT molecular complexity index is 250. The van der Waals surface area contributed by atoms with E-state index in [9.17, 15) is 0 Å². The van der Waals surface area contributed by atoms with Gasteiger partial charge in [-0.05, 0) is 37.1 Å². The summed E-state index contributed by atoms with van der Waals surface area (Å²) in [6.07, 6.45) is 0.945. The minimum Gasteiger partial charge on any atom is -0.330 e. The van der Waals surface area contributed by atoms with E-state index in [4.69, 9.17) is 5.73 Å². The van der Waals surface area contributed by atoms with Gasteiger partial charge in [0, 0.05) is 4.47 Å². The Kier molecular flexibility index (Phi) is 5.55. The molecule has 1 nitrogen and oxygen atoms in total. The van der Waals surface area contributed by atoms with Crippen LogP contribution in [0.4, 0.5) is 0 Å². The number of rotatable bonds is 2. The second kappa shape index (κ2) is 5.57. The van der Waals surface area contributed by atoms with Crippen LogP contribution < -0.4 is 5.73 Å². The third-order valence-corrected chi connectivity index (χ3v) is 2.36. The molecule has 0 bridgehead atoms. The van der Waals surface area contributed by atoms with Gasteiger partial charge in [-0.2, -0.15) is 0 Å². The van der Waals surface area contributed by atoms with Crippen molar-refractivity contribution in [3.05, 3.63) is 33.8 Å². The van der Waals surface area contributed by atoms with Gasteiger partial charge in [0.15, 0.2) is 0 Å². The third-order valence-electron chi connectivity index (χ3n) is 1.62. The first-order valence-corrected chi connectivity index (χ1v) is 4.48. The molecule has 0 saturated heterocycles. The highest BCUT2D eigenvalue weighted by Gasteiger charge is 1.97. The van der Waals surface area contributed by atoms with E-state index in [0.717, 1.165) is 6.42 Å². The van der Waals surface area contributed by atoms with E-state index < -0.39 is 0 Å². The fraction of sp³-hybridized carbons (Fsp3) is 0.333. The molecule has 1 aromatic rings. The molecule has 2 N–H and O–H groups in total. The van der Waals surface area contributed by atoms with Gasteiger partial charge in [-0.3, -0.25) is 0 Å². The van der Waals surface area contributed by atoms with Crippen LogP contribution in [-0.4, -0.2) is 6.54 Å². The number of aryl methyl sites for hydroxylation is 1. The van der Waals surface area contributed by atoms with Gasteiger partial charge in [-0.15, -0.1) is 12.4 Å². The summed E-state index contributed by atoms with van der Waals surface area (Å²) in [5.41, 5.74) is 8.01. The molecule has 0 aliphatic heterocycles. The van der Waals surface area contributed by atoms with Gasteiger partial charge in [0.2, 0.25) is 0 Å². The van der Waals surface area contributed by atoms with Crippen molar-refractivity contribution in [1.29, 1.82) is 0 Å². The minimum absolute atomic E-state index is 0. The van der Waals surface area contributed by atoms with Crippen LogP contribution in [0.5, 0.6) is 0 Å². The molecule has 1 rings (SSSR count). The monoisotopic (exact) mass is 249 g/mol. The molecule has 12 heavy (non-hydrogen) atoms. The summed E-state index contributed by atoms with van der Waals surface area (Å²) in [6, 6.07) is 6.34. The van der Waals surface area contributed by atoms with Crippen LogP contribution in [0.15, 0.2) is 22.7 Å². The van der Waals surface area contributed by atoms with E-state index in [0.29, 0.717) is 6.54 Å². The summed E-state index contributed by atoms with van der Waals surface area (Å²) in [5.74, 6) is 0. The van der Waals surface area contributed by atoms with E-state index in [-0.39, 0.29) is 12.4 Å². The molecule has 0 aromatic heterocycles. The van der Waals surface area contributed by atoms with Gasteiger partial charge in [0.25, 0.3) is 0 Å². The summed E-state index contributed by atoms with van der Waals surface area (Å²) in [5, 5.41) is 0. The molecule has 1 aromatic carbocycles. The first kappa shape index (κ1) is 11.9. The molecular weight excluding hydrogens is 237 g/mol. The zero-order valence-electron chi connectivity index (χ0n) is 7.01. The Hall–Kier alpha value is -0.0500. The molecule has 0 spiro atoms. The number of halogens is 2. The second-order valence-corrected chi connectivity index (χ2v) is 3.49. The van der Waals surface area contributed by atoms with Crippen LogP contribution >= 0.6 is 28.3 Å². The second-order valence-electron chi connectivity index (χ2n) is 2.63. The van der Waals surface area contributed by atoms with E-state index in [1.165, 1.54) is 15.6 Å². The van der Waals surface area contributed by atoms with E-state index in [2.05, 4.69) is 41.1 Å². The Balaban J connectivity index is 0.00000121. The Morgan fingerprint density at radius 3 is 2.58 bits per heavy atom. The van der Waals surface area contributed by atoms with Gasteiger partial charge >= 0.3 is 0 Å². The van der Waals surface area contributed by atoms with E-state index >= 15 is 0 Å². The standard InChI is InChI=1S/C9H12BrN.ClH/c1-7-2-3-8(4-5-11)9(10)6-7;/h2-3,6H,4-5,11H2,1H3;1H. The van der Waals surface area contributed by atoms with Crippen molar-refractivity contribution < 1.29 is 0 Å². The number of nitrogens with two attached hydrogens (primary N) is 1. The molecule has 0 atom stereocenters. The smallest absolute Gasteiger partial charge is 0.0210 e. The highest BCUT2D eigenvalue weighted by atomic mass is 79.9. The van der Waals surface area contributed by atoms with Crippen molar-refractivity contribution in [1.82, 2.24) is 0 Å². The lowest BCUT2D eigenvalue weighted by Gasteiger charge is -2.02. The van der Waals surface area contributed by atoms with Crippen molar-refractivity contribution in [3.63, 3.8) is 0 Å². The zero-order chi connectivity index (χ0) is 8.27.